The van der Waals surface area contributed by atoms with Crippen molar-refractivity contribution in [2.45, 2.75) is 0 Å². The van der Waals surface area contributed by atoms with Crippen LogP contribution in [0.4, 0.5) is 0 Å². The standard InChI is InChI=1S/C11H5ClN6S/c12-9-2-1-6(4-14-9)11-15-8(5-19-11)10-7(3-13)16-18-17-10/h1-2,4-5H,(H,16,17,18). The lowest BCUT2D eigenvalue weighted by Crippen LogP contribution is -1.84. The molecule has 0 fully saturated rings. The fourth-order valence-corrected chi connectivity index (χ4v) is 2.41. The van der Waals surface area contributed by atoms with E-state index in [1.54, 1.807) is 12.3 Å². The minimum absolute atomic E-state index is 0.297. The zero-order valence-corrected chi connectivity index (χ0v) is 10.9. The van der Waals surface area contributed by atoms with Gasteiger partial charge in [0, 0.05) is 17.1 Å². The smallest absolute Gasteiger partial charge is 0.165 e. The Morgan fingerprint density at radius 3 is 3.00 bits per heavy atom. The normalized spacial score (nSPS) is 10.3. The summed E-state index contributed by atoms with van der Waals surface area (Å²) < 4.78 is 0. The first-order valence-electron chi connectivity index (χ1n) is 5.17. The van der Waals surface area contributed by atoms with Gasteiger partial charge < -0.3 is 0 Å². The molecule has 0 bridgehead atoms. The first-order chi connectivity index (χ1) is 9.28. The van der Waals surface area contributed by atoms with Crippen LogP contribution in [0, 0.1) is 11.3 Å². The summed E-state index contributed by atoms with van der Waals surface area (Å²) in [5, 5.41) is 21.9. The average Bonchev–Trinajstić information content (AvgIpc) is 3.07. The van der Waals surface area contributed by atoms with Crippen LogP contribution in [0.5, 0.6) is 0 Å². The fourth-order valence-electron chi connectivity index (χ4n) is 1.50. The third kappa shape index (κ3) is 2.19. The Bertz CT molecular complexity index is 754. The van der Waals surface area contributed by atoms with Crippen LogP contribution >= 0.6 is 22.9 Å². The highest BCUT2D eigenvalue weighted by Crippen LogP contribution is 2.28. The van der Waals surface area contributed by atoms with Gasteiger partial charge in [0.1, 0.15) is 27.6 Å². The summed E-state index contributed by atoms with van der Waals surface area (Å²) in [6.07, 6.45) is 1.65. The summed E-state index contributed by atoms with van der Waals surface area (Å²) in [6.45, 7) is 0. The van der Waals surface area contributed by atoms with E-state index in [0.717, 1.165) is 10.6 Å². The lowest BCUT2D eigenvalue weighted by Gasteiger charge is -1.94. The topological polar surface area (TPSA) is 91.1 Å². The lowest BCUT2D eigenvalue weighted by molar-refractivity contribution is 0.936. The highest BCUT2D eigenvalue weighted by Gasteiger charge is 2.13. The Hall–Kier alpha value is -2.30. The van der Waals surface area contributed by atoms with Gasteiger partial charge in [-0.3, -0.25) is 0 Å². The van der Waals surface area contributed by atoms with Crippen LogP contribution in [0.3, 0.4) is 0 Å². The molecule has 0 unspecified atom stereocenters. The number of hydrogen-bond donors (Lipinski definition) is 1. The molecule has 6 nitrogen and oxygen atoms in total. The predicted molar refractivity (Wildman–Crippen MR) is 70.4 cm³/mol. The summed E-state index contributed by atoms with van der Waals surface area (Å²) >= 11 is 7.18. The maximum absolute atomic E-state index is 8.91. The van der Waals surface area contributed by atoms with E-state index in [9.17, 15) is 0 Å². The van der Waals surface area contributed by atoms with Crippen molar-refractivity contribution in [3.63, 3.8) is 0 Å². The molecule has 92 valence electrons. The molecule has 0 aliphatic rings. The number of pyridine rings is 1. The SMILES string of the molecule is N#Cc1[nH]nnc1-c1csc(-c2ccc(Cl)nc2)n1. The molecule has 3 rings (SSSR count). The highest BCUT2D eigenvalue weighted by atomic mass is 35.5. The van der Waals surface area contributed by atoms with Gasteiger partial charge in [0.25, 0.3) is 0 Å². The van der Waals surface area contributed by atoms with Gasteiger partial charge in [-0.25, -0.2) is 15.1 Å². The van der Waals surface area contributed by atoms with Crippen LogP contribution in [-0.2, 0) is 0 Å². The minimum Gasteiger partial charge on any atom is -0.247 e. The summed E-state index contributed by atoms with van der Waals surface area (Å²) in [5.41, 5.74) is 2.22. The van der Waals surface area contributed by atoms with Crippen molar-refractivity contribution >= 4 is 22.9 Å². The Labute approximate surface area is 116 Å². The van der Waals surface area contributed by atoms with E-state index < -0.39 is 0 Å². The molecular weight excluding hydrogens is 284 g/mol. The van der Waals surface area contributed by atoms with E-state index in [1.165, 1.54) is 11.3 Å². The van der Waals surface area contributed by atoms with Crippen molar-refractivity contribution in [1.82, 2.24) is 25.4 Å². The predicted octanol–water partition coefficient (Wildman–Crippen LogP) is 2.52. The van der Waals surface area contributed by atoms with E-state index in [1.807, 2.05) is 17.5 Å². The number of thiazole rings is 1. The fraction of sp³-hybridized carbons (Fsp3) is 0. The van der Waals surface area contributed by atoms with Crippen LogP contribution in [-0.4, -0.2) is 25.4 Å². The molecule has 0 saturated carbocycles. The maximum Gasteiger partial charge on any atom is 0.165 e. The molecular formula is C11H5ClN6S. The van der Waals surface area contributed by atoms with E-state index >= 15 is 0 Å². The number of rotatable bonds is 2. The number of aromatic amines is 1. The Morgan fingerprint density at radius 2 is 2.26 bits per heavy atom. The minimum atomic E-state index is 0.297. The van der Waals surface area contributed by atoms with Crippen molar-refractivity contribution in [2.24, 2.45) is 0 Å². The average molecular weight is 289 g/mol. The number of halogens is 1. The second kappa shape index (κ2) is 4.76. The number of nitriles is 1. The van der Waals surface area contributed by atoms with Gasteiger partial charge in [-0.2, -0.15) is 5.26 Å². The van der Waals surface area contributed by atoms with Crippen molar-refractivity contribution in [3.05, 3.63) is 34.6 Å². The molecule has 0 spiro atoms. The van der Waals surface area contributed by atoms with E-state index in [-0.39, 0.29) is 0 Å². The number of nitrogens with zero attached hydrogens (tertiary/aromatic N) is 5. The molecule has 0 amide bonds. The van der Waals surface area contributed by atoms with Gasteiger partial charge in [-0.05, 0) is 12.1 Å². The monoisotopic (exact) mass is 288 g/mol. The molecule has 3 aromatic rings. The zero-order chi connectivity index (χ0) is 13.2. The molecule has 1 N–H and O–H groups in total. The van der Waals surface area contributed by atoms with Crippen molar-refractivity contribution < 1.29 is 0 Å². The largest absolute Gasteiger partial charge is 0.247 e. The van der Waals surface area contributed by atoms with E-state index in [0.29, 0.717) is 22.2 Å². The third-order valence-electron chi connectivity index (χ3n) is 2.38. The summed E-state index contributed by atoms with van der Waals surface area (Å²) in [7, 11) is 0. The number of H-pyrrole nitrogens is 1. The van der Waals surface area contributed by atoms with Crippen LogP contribution in [0.15, 0.2) is 23.7 Å². The second-order valence-corrected chi connectivity index (χ2v) is 4.80. The third-order valence-corrected chi connectivity index (χ3v) is 3.50. The summed E-state index contributed by atoms with van der Waals surface area (Å²) in [6, 6.07) is 5.53. The summed E-state index contributed by atoms with van der Waals surface area (Å²) in [4.78, 5) is 8.43. The van der Waals surface area contributed by atoms with Gasteiger partial charge in [0.2, 0.25) is 0 Å². The molecule has 0 saturated heterocycles. The first kappa shape index (κ1) is 11.8. The maximum atomic E-state index is 8.91. The van der Waals surface area contributed by atoms with Crippen molar-refractivity contribution in [3.8, 4) is 28.0 Å². The Morgan fingerprint density at radius 1 is 1.37 bits per heavy atom. The first-order valence-corrected chi connectivity index (χ1v) is 6.42. The van der Waals surface area contributed by atoms with Crippen LogP contribution in [0.1, 0.15) is 5.69 Å². The van der Waals surface area contributed by atoms with Gasteiger partial charge >= 0.3 is 0 Å². The highest BCUT2D eigenvalue weighted by molar-refractivity contribution is 7.13. The molecule has 3 aromatic heterocycles. The molecule has 0 aliphatic heterocycles. The number of nitrogens with one attached hydrogen (secondary N) is 1. The Kier molecular flexibility index (Phi) is 2.95. The Balaban J connectivity index is 2.00. The quantitative estimate of drug-likeness (QED) is 0.732. The van der Waals surface area contributed by atoms with Gasteiger partial charge in [0.05, 0.1) is 0 Å². The van der Waals surface area contributed by atoms with Gasteiger partial charge in [-0.15, -0.1) is 16.4 Å². The second-order valence-electron chi connectivity index (χ2n) is 3.55. The molecule has 0 aliphatic carbocycles. The molecule has 3 heterocycles. The van der Waals surface area contributed by atoms with E-state index in [2.05, 4.69) is 25.4 Å². The molecule has 19 heavy (non-hydrogen) atoms. The molecule has 0 radical (unpaired) electrons. The van der Waals surface area contributed by atoms with Crippen LogP contribution in [0.25, 0.3) is 22.0 Å². The number of aromatic nitrogens is 5. The van der Waals surface area contributed by atoms with Gasteiger partial charge in [-0.1, -0.05) is 16.8 Å². The van der Waals surface area contributed by atoms with Gasteiger partial charge in [0.15, 0.2) is 5.69 Å². The number of hydrogen-bond acceptors (Lipinski definition) is 6. The zero-order valence-electron chi connectivity index (χ0n) is 9.33. The van der Waals surface area contributed by atoms with Crippen LogP contribution in [0.2, 0.25) is 5.15 Å². The van der Waals surface area contributed by atoms with Crippen molar-refractivity contribution in [1.29, 1.82) is 5.26 Å². The molecule has 8 heteroatoms. The molecule has 0 atom stereocenters. The molecule has 0 aromatic carbocycles. The van der Waals surface area contributed by atoms with E-state index in [4.69, 9.17) is 16.9 Å². The lowest BCUT2D eigenvalue weighted by atomic mass is 10.2. The van der Waals surface area contributed by atoms with Crippen LogP contribution < -0.4 is 0 Å². The van der Waals surface area contributed by atoms with Crippen molar-refractivity contribution in [2.75, 3.05) is 0 Å². The summed E-state index contributed by atoms with van der Waals surface area (Å²) in [5.74, 6) is 0.